The summed E-state index contributed by atoms with van der Waals surface area (Å²) in [7, 11) is 0. The molecule has 24 heteroatoms. The van der Waals surface area contributed by atoms with Crippen LogP contribution in [-0.2, 0) is 19.5 Å². The maximum Gasteiger partial charge on any atom is 0.162 e. The molecule has 2 unspecified atom stereocenters. The smallest absolute Gasteiger partial charge is 0.162 e. The van der Waals surface area contributed by atoms with Crippen LogP contribution in [-0.4, -0.2) is 102 Å². The molecule has 81 heavy (non-hydrogen) atoms. The van der Waals surface area contributed by atoms with E-state index in [1.54, 1.807) is 0 Å². The van der Waals surface area contributed by atoms with Gasteiger partial charge in [0.15, 0.2) is 4.24 Å². The molecule has 0 spiro atoms. The van der Waals surface area contributed by atoms with Crippen LogP contribution >= 0.6 is 68.8 Å². The molecule has 0 radical (unpaired) electrons. The fraction of sp³-hybridized carbons (Fsp3) is 0.316. The first kappa shape index (κ1) is 26.2. The topological polar surface area (TPSA) is 195 Å². The Morgan fingerprint density at radius 1 is 0.543 bits per heavy atom. The van der Waals surface area contributed by atoms with Crippen LogP contribution in [0.25, 0.3) is 30.6 Å². The zero-order valence-corrected chi connectivity index (χ0v) is 44.5. The molecule has 0 aliphatic carbocycles. The van der Waals surface area contributed by atoms with Crippen LogP contribution < -0.4 is 15.9 Å². The number of fused-ring (bicyclic) bond motifs is 3. The van der Waals surface area contributed by atoms with Crippen LogP contribution in [0.4, 0.5) is 30.6 Å². The number of likely N-dealkylation sites (tertiary alicyclic amines) is 3. The van der Waals surface area contributed by atoms with E-state index >= 15 is 0 Å². The van der Waals surface area contributed by atoms with E-state index in [2.05, 4.69) is 29.9 Å². The summed E-state index contributed by atoms with van der Waals surface area (Å²) in [5.41, 5.74) is -6.16. The predicted molar refractivity (Wildman–Crippen MR) is 316 cm³/mol. The molecule has 3 saturated heterocycles. The van der Waals surface area contributed by atoms with Gasteiger partial charge in [-0.1, -0.05) is 52.9 Å². The van der Waals surface area contributed by atoms with Gasteiger partial charge in [-0.15, -0.1) is 34.0 Å². The molecule has 3 aliphatic rings. The van der Waals surface area contributed by atoms with E-state index in [0.717, 1.165) is 22.6 Å². The van der Waals surface area contributed by atoms with Gasteiger partial charge >= 0.3 is 0 Å². The molecular weight excluding hydrogens is 1150 g/mol. The maximum absolute atomic E-state index is 14.4. The number of anilines is 3. The van der Waals surface area contributed by atoms with Gasteiger partial charge in [0.05, 0.1) is 80.9 Å². The number of aromatic nitrogens is 6. The Hall–Kier alpha value is -6.81. The standard InChI is InChI=1S/3C19H17ClFN5S/c3*20-17-8-16-18(27-17)19(24-11-23-16)25-14-3-5-26(6-4-14)10-12-1-2-15(21)13(7-12)9-22/h3*1-2,7-8,11,14H,3-6,10H2,(H,23,24,25)/i1D,2D,3D2,4D2,5D2,6D2,7D,8D,10D,14D;1D,2D,3D2,4D2,7D,8D,10D2,11D,14D;1D,2D,3D2,4D2,7D,8D,10D,11D,14D/hD3. The van der Waals surface area contributed by atoms with Crippen molar-refractivity contribution in [3.05, 3.63) is 155 Å². The van der Waals surface area contributed by atoms with Crippen molar-refractivity contribution in [1.82, 2.24) is 44.6 Å². The van der Waals surface area contributed by atoms with Crippen LogP contribution in [0.1, 0.15) is 122 Å². The van der Waals surface area contributed by atoms with Crippen LogP contribution in [0.15, 0.2) is 91.4 Å². The number of hydrogen-bond donors (Lipinski definition) is 3. The fourth-order valence-electron chi connectivity index (χ4n) is 6.49. The van der Waals surface area contributed by atoms with E-state index in [1.807, 2.05) is 0 Å². The molecule has 0 bridgehead atoms. The molecule has 12 rings (SSSR count). The van der Waals surface area contributed by atoms with Gasteiger partial charge in [-0.25, -0.2) is 43.1 Å². The van der Waals surface area contributed by atoms with Gasteiger partial charge in [0.1, 0.15) is 74.8 Å². The number of halogens is 6. The van der Waals surface area contributed by atoms with Gasteiger partial charge in [-0.05, 0) is 109 Å². The zero-order chi connectivity index (χ0) is 91.8. The Morgan fingerprint density at radius 3 is 1.38 bits per heavy atom. The minimum Gasteiger partial charge on any atom is -0.366 e. The highest BCUT2D eigenvalue weighted by atomic mass is 35.5. The second-order valence-corrected chi connectivity index (χ2v) is 20.2. The molecule has 0 saturated carbocycles. The minimum atomic E-state index is -3.95. The Morgan fingerprint density at radius 2 is 0.926 bits per heavy atom. The van der Waals surface area contributed by atoms with Crippen LogP contribution in [0, 0.1) is 51.4 Å². The third-order valence-corrected chi connectivity index (χ3v) is 13.6. The van der Waals surface area contributed by atoms with Crippen molar-refractivity contribution in [2.24, 2.45) is 0 Å². The molecule has 3 aliphatic heterocycles. The van der Waals surface area contributed by atoms with E-state index < -0.39 is 250 Å². The van der Waals surface area contributed by atoms with E-state index in [4.69, 9.17) is 89.8 Å². The molecule has 9 aromatic rings. The highest BCUT2D eigenvalue weighted by Crippen LogP contribution is 2.36. The quantitative estimate of drug-likeness (QED) is 0.104. The summed E-state index contributed by atoms with van der Waals surface area (Å²) in [6.45, 7) is -19.5. The maximum atomic E-state index is 14.4. The number of nitriles is 3. The highest BCUT2D eigenvalue weighted by Gasteiger charge is 2.25. The molecule has 414 valence electrons. The predicted octanol–water partition coefficient (Wildman–Crippen LogP) is 13.3. The highest BCUT2D eigenvalue weighted by molar-refractivity contribution is 7.24. The number of thiophene rings is 3. The minimum absolute atomic E-state index is 0.0361. The SMILES string of the molecule is [2H]c1c([2H])c(C([2H])N2C([2H])([2H])C([2H])([2H])C([2H])(N([2H])c3ncnc4c([2H])c(Cl)sc34)C([2H])([2H])C2([2H])[2H])c([2H])c(C#N)c1F.[2H]c1nc(N([2H])C2([2H])C([2H])([2H])CN(C([2H])([2H])c3c([2H])c([2H])c(F)c(C#N)c3[2H])CC2([2H])[2H])c2sc(Cl)c([2H])c2n1.[2H]c1nc(N([2H])C2([2H])C([2H])([2H])CN(C([2H])c3c([2H])c([2H])c(F)c(C#N)c3[2H])CC2([2H])[2H])c2sc(Cl)c([2H])c2n1. The molecule has 3 fully saturated rings. The summed E-state index contributed by atoms with van der Waals surface area (Å²) in [4.78, 5) is 23.8. The first-order valence-electron chi connectivity index (χ1n) is 42.1. The average molecular weight is 1250 g/mol. The second-order valence-electron chi connectivity index (χ2n) is 15.3. The van der Waals surface area contributed by atoms with Crippen LogP contribution in [0.3, 0.4) is 0 Å². The third kappa shape index (κ3) is 14.8. The van der Waals surface area contributed by atoms with E-state index in [0.29, 0.717) is 27.6 Å². The van der Waals surface area contributed by atoms with Gasteiger partial charge in [0.2, 0.25) is 0 Å². The number of hydrogen-bond acceptors (Lipinski definition) is 18. The van der Waals surface area contributed by atoms with Crippen LogP contribution in [0.5, 0.6) is 0 Å². The number of piperidine rings is 3. The lowest BCUT2D eigenvalue weighted by Crippen LogP contribution is -2.38. The summed E-state index contributed by atoms with van der Waals surface area (Å²) in [5.74, 6) is -6.32. The number of nitrogens with zero attached hydrogens (tertiary/aromatic N) is 12. The van der Waals surface area contributed by atoms with Crippen molar-refractivity contribution < 1.29 is 68.1 Å². The van der Waals surface area contributed by atoms with Gasteiger partial charge in [-0.3, -0.25) is 14.7 Å². The molecule has 9 heterocycles. The Bertz CT molecular complexity index is 5850. The Kier molecular flexibility index (Phi) is 8.68. The lowest BCUT2D eigenvalue weighted by Gasteiger charge is -2.32. The molecule has 0 amide bonds. The average Bonchev–Trinajstić information content (AvgIpc) is 0.797. The normalized spacial score (nSPS) is 30.0. The molecule has 3 aromatic carbocycles. The summed E-state index contributed by atoms with van der Waals surface area (Å²) in [6.07, 6.45) is -20.6. The van der Waals surface area contributed by atoms with Gasteiger partial charge in [0.25, 0.3) is 0 Å². The fourth-order valence-corrected chi connectivity index (χ4v) is 9.58. The van der Waals surface area contributed by atoms with Crippen molar-refractivity contribution >= 4 is 117 Å². The number of rotatable bonds is 12. The summed E-state index contributed by atoms with van der Waals surface area (Å²) < 4.78 is 379. The van der Waals surface area contributed by atoms with Gasteiger partial charge < -0.3 is 15.9 Å². The summed E-state index contributed by atoms with van der Waals surface area (Å²) >= 11 is 20.1. The third-order valence-electron chi connectivity index (χ3n) is 10.0. The molecule has 15 nitrogen and oxygen atoms in total. The first-order chi connectivity index (χ1) is 55.2. The van der Waals surface area contributed by atoms with Crippen molar-refractivity contribution in [3.63, 3.8) is 0 Å². The lowest BCUT2D eigenvalue weighted by molar-refractivity contribution is 0.211. The molecule has 3 N–H and O–H groups in total. The molecule has 6 aromatic heterocycles. The van der Waals surface area contributed by atoms with Crippen molar-refractivity contribution in [2.45, 2.75) is 75.8 Å². The van der Waals surface area contributed by atoms with Crippen molar-refractivity contribution in [3.8, 4) is 18.2 Å². The second kappa shape index (κ2) is 26.8. The lowest BCUT2D eigenvalue weighted by atomic mass is 10.0. The number of nitrogens with one attached hydrogen (secondary N) is 3. The zero-order valence-electron chi connectivity index (χ0n) is 79.8. The van der Waals surface area contributed by atoms with Gasteiger partial charge in [-0.2, -0.15) is 15.8 Å². The summed E-state index contributed by atoms with van der Waals surface area (Å²) in [6, 6.07) is -16.8. The summed E-state index contributed by atoms with van der Waals surface area (Å²) in [5, 5.41) is 27.8. The van der Waals surface area contributed by atoms with E-state index in [9.17, 15) is 29.0 Å². The number of benzene rings is 3. The monoisotopic (exact) mass is 1240 g/mol. The van der Waals surface area contributed by atoms with Gasteiger partial charge in [0, 0.05) is 104 Å². The van der Waals surface area contributed by atoms with Crippen molar-refractivity contribution in [2.75, 3.05) is 55.1 Å². The largest absolute Gasteiger partial charge is 0.366 e. The molecular formula is C57H51Cl3F3N15S3. The Labute approximate surface area is 549 Å². The molecule has 2 atom stereocenters. The Balaban J connectivity index is 0.000000191. The van der Waals surface area contributed by atoms with Crippen molar-refractivity contribution in [1.29, 1.82) is 15.8 Å². The van der Waals surface area contributed by atoms with Crippen LogP contribution in [0.2, 0.25) is 17.2 Å². The van der Waals surface area contributed by atoms with E-state index in [1.165, 1.54) is 18.2 Å². The van der Waals surface area contributed by atoms with E-state index in [-0.39, 0.29) is 82.6 Å². The first-order valence-corrected chi connectivity index (χ1v) is 25.7.